The Hall–Kier alpha value is -2.57. The molecule has 0 radical (unpaired) electrons. The lowest BCUT2D eigenvalue weighted by Crippen LogP contribution is -2.30. The van der Waals surface area contributed by atoms with E-state index in [0.717, 1.165) is 11.6 Å². The molecule has 0 bridgehead atoms. The van der Waals surface area contributed by atoms with Crippen molar-refractivity contribution >= 4 is 34.9 Å². The fraction of sp³-hybridized carbons (Fsp3) is 0.200. The lowest BCUT2D eigenvalue weighted by molar-refractivity contribution is 0.109. The average Bonchev–Trinajstić information content (AvgIpc) is 2.70. The lowest BCUT2D eigenvalue weighted by atomic mass is 10.1. The summed E-state index contributed by atoms with van der Waals surface area (Å²) in [5, 5.41) is 3.48. The molecule has 2 nitrogen and oxygen atoms in total. The molecule has 0 atom stereocenters. The molecule has 0 aliphatic rings. The Balaban J connectivity index is 2.38. The molecule has 3 heteroatoms. The molecule has 0 aliphatic heterocycles. The van der Waals surface area contributed by atoms with Crippen molar-refractivity contribution in [2.75, 3.05) is 0 Å². The summed E-state index contributed by atoms with van der Waals surface area (Å²) in [6.45, 7) is 5.97. The summed E-state index contributed by atoms with van der Waals surface area (Å²) >= 11 is 0. The van der Waals surface area contributed by atoms with E-state index in [-0.39, 0.29) is 5.60 Å². The molecule has 0 unspecified atom stereocenters. The highest BCUT2D eigenvalue weighted by Gasteiger charge is 2.28. The number of rotatable bonds is 5. The maximum absolute atomic E-state index is 12.3. The number of carbonyl (C=O) groups is 1. The first-order valence-electron chi connectivity index (χ1n) is 9.50. The van der Waals surface area contributed by atoms with Crippen LogP contribution in [-0.4, -0.2) is 17.7 Å². The van der Waals surface area contributed by atoms with Crippen LogP contribution in [0.1, 0.15) is 38.1 Å². The van der Waals surface area contributed by atoms with E-state index in [1.54, 1.807) is 0 Å². The Morgan fingerprint density at radius 1 is 0.786 bits per heavy atom. The van der Waals surface area contributed by atoms with Crippen LogP contribution in [0, 0.1) is 0 Å². The maximum Gasteiger partial charge on any atom is 0.154 e. The second-order valence-electron chi connectivity index (χ2n) is 7.67. The van der Waals surface area contributed by atoms with Gasteiger partial charge in [-0.3, -0.25) is 4.79 Å². The van der Waals surface area contributed by atoms with Crippen molar-refractivity contribution in [3.8, 4) is 5.75 Å². The van der Waals surface area contributed by atoms with Crippen LogP contribution in [0.15, 0.2) is 78.9 Å². The number of hydrogen-bond acceptors (Lipinski definition) is 2. The summed E-state index contributed by atoms with van der Waals surface area (Å²) in [5.74, 6) is 2.92. The molecule has 0 aliphatic carbocycles. The van der Waals surface area contributed by atoms with Gasteiger partial charge >= 0.3 is 0 Å². The van der Waals surface area contributed by atoms with Gasteiger partial charge in [0.15, 0.2) is 6.29 Å². The zero-order valence-corrected chi connectivity index (χ0v) is 17.8. The van der Waals surface area contributed by atoms with Crippen molar-refractivity contribution in [1.29, 1.82) is 0 Å². The molecule has 0 heterocycles. The number of hydrogen-bond donors (Lipinski definition) is 0. The van der Waals surface area contributed by atoms with Crippen LogP contribution in [0.25, 0.3) is 0 Å². The number of ether oxygens (including phenoxy) is 1. The van der Waals surface area contributed by atoms with Crippen LogP contribution in [0.5, 0.6) is 5.75 Å². The molecule has 28 heavy (non-hydrogen) atoms. The highest BCUT2D eigenvalue weighted by molar-refractivity contribution is 7.94. The van der Waals surface area contributed by atoms with Crippen LogP contribution in [-0.2, 0) is 0 Å². The van der Waals surface area contributed by atoms with E-state index in [1.807, 2.05) is 45.0 Å². The van der Waals surface area contributed by atoms with Crippen molar-refractivity contribution in [1.82, 2.24) is 0 Å². The molecule has 0 saturated heterocycles. The van der Waals surface area contributed by atoms with Gasteiger partial charge in [-0.1, -0.05) is 78.6 Å². The average molecular weight is 390 g/mol. The SMILES string of the molecule is CC=P(c1ccccc1)(c1ccccc1)c1cccc(OC(C)(C)C)c1C=O. The van der Waals surface area contributed by atoms with Crippen molar-refractivity contribution in [3.63, 3.8) is 0 Å². The molecular formula is C25H27O2P. The largest absolute Gasteiger partial charge is 0.487 e. The van der Waals surface area contributed by atoms with Crippen LogP contribution < -0.4 is 20.7 Å². The summed E-state index contributed by atoms with van der Waals surface area (Å²) < 4.78 is 6.15. The minimum absolute atomic E-state index is 0.382. The van der Waals surface area contributed by atoms with Gasteiger partial charge in [0, 0.05) is 0 Å². The third kappa shape index (κ3) is 3.84. The van der Waals surface area contributed by atoms with Crippen molar-refractivity contribution < 1.29 is 9.53 Å². The van der Waals surface area contributed by atoms with E-state index in [9.17, 15) is 4.79 Å². The highest BCUT2D eigenvalue weighted by Crippen LogP contribution is 2.45. The van der Waals surface area contributed by atoms with Gasteiger partial charge in [-0.25, -0.2) is 0 Å². The van der Waals surface area contributed by atoms with E-state index in [1.165, 1.54) is 10.6 Å². The molecule has 144 valence electrons. The Kier molecular flexibility index (Phi) is 5.91. The molecular weight excluding hydrogens is 363 g/mol. The molecule has 3 aromatic carbocycles. The van der Waals surface area contributed by atoms with Crippen LogP contribution in [0.3, 0.4) is 0 Å². The fourth-order valence-electron chi connectivity index (χ4n) is 3.57. The molecule has 3 rings (SSSR count). The van der Waals surface area contributed by atoms with E-state index in [4.69, 9.17) is 4.74 Å². The monoisotopic (exact) mass is 390 g/mol. The summed E-state index contributed by atoms with van der Waals surface area (Å²) in [6.07, 6.45) is 0.945. The summed E-state index contributed by atoms with van der Waals surface area (Å²) in [5.41, 5.74) is 0.254. The second kappa shape index (κ2) is 8.20. The van der Waals surface area contributed by atoms with E-state index in [2.05, 4.69) is 67.3 Å². The molecule has 0 fully saturated rings. The molecule has 0 aromatic heterocycles. The van der Waals surface area contributed by atoms with Gasteiger partial charge in [0.05, 0.1) is 5.56 Å². The first-order valence-corrected chi connectivity index (χ1v) is 11.4. The quantitative estimate of drug-likeness (QED) is 0.462. The second-order valence-corrected chi connectivity index (χ2v) is 11.1. The topological polar surface area (TPSA) is 26.3 Å². The Morgan fingerprint density at radius 2 is 1.32 bits per heavy atom. The standard InChI is InChI=1S/C25H27O2P/c1-5-28(20-13-8-6-9-14-20,21-15-10-7-11-16-21)24-18-12-17-23(22(24)19-26)27-25(2,3)4/h5-19H,1-4H3. The van der Waals surface area contributed by atoms with Crippen molar-refractivity contribution in [3.05, 3.63) is 84.4 Å². The smallest absolute Gasteiger partial charge is 0.154 e. The van der Waals surface area contributed by atoms with Gasteiger partial charge in [-0.15, -0.1) is 0 Å². The van der Waals surface area contributed by atoms with Gasteiger partial charge in [0.2, 0.25) is 0 Å². The molecule has 0 saturated carbocycles. The Morgan fingerprint density at radius 3 is 1.75 bits per heavy atom. The van der Waals surface area contributed by atoms with Gasteiger partial charge in [-0.2, -0.15) is 0 Å². The predicted molar refractivity (Wildman–Crippen MR) is 123 cm³/mol. The molecule has 0 N–H and O–H groups in total. The zero-order valence-electron chi connectivity index (χ0n) is 16.9. The Bertz CT molecular complexity index is 956. The highest BCUT2D eigenvalue weighted by atomic mass is 31.2. The van der Waals surface area contributed by atoms with Crippen LogP contribution in [0.4, 0.5) is 0 Å². The van der Waals surface area contributed by atoms with Crippen LogP contribution in [0.2, 0.25) is 0 Å². The first-order chi connectivity index (χ1) is 13.4. The zero-order chi connectivity index (χ0) is 20.2. The summed E-state index contributed by atoms with van der Waals surface area (Å²) in [6, 6.07) is 26.9. The van der Waals surface area contributed by atoms with Gasteiger partial charge in [-0.05, 0) is 56.6 Å². The van der Waals surface area contributed by atoms with Crippen molar-refractivity contribution in [2.45, 2.75) is 33.3 Å². The van der Waals surface area contributed by atoms with E-state index >= 15 is 0 Å². The van der Waals surface area contributed by atoms with Crippen molar-refractivity contribution in [2.24, 2.45) is 0 Å². The predicted octanol–water partition coefficient (Wildman–Crippen LogP) is 4.79. The number of benzene rings is 3. The third-order valence-electron chi connectivity index (χ3n) is 4.67. The first kappa shape index (κ1) is 20.2. The van der Waals surface area contributed by atoms with Gasteiger partial charge in [0.25, 0.3) is 0 Å². The molecule has 0 amide bonds. The fourth-order valence-corrected chi connectivity index (χ4v) is 7.45. The van der Waals surface area contributed by atoms with Crippen LogP contribution >= 0.6 is 6.89 Å². The molecule has 3 aromatic rings. The summed E-state index contributed by atoms with van der Waals surface area (Å²) in [7, 11) is 0. The van der Waals surface area contributed by atoms with Gasteiger partial charge < -0.3 is 4.74 Å². The van der Waals surface area contributed by atoms with E-state index < -0.39 is 6.89 Å². The normalized spacial score (nSPS) is 11.7. The third-order valence-corrected chi connectivity index (χ3v) is 8.82. The number of aldehydes is 1. The minimum atomic E-state index is -2.12. The summed E-state index contributed by atoms with van der Waals surface area (Å²) in [4.78, 5) is 12.3. The number of carbonyl (C=O) groups excluding carboxylic acids is 1. The lowest BCUT2D eigenvalue weighted by Gasteiger charge is -2.31. The van der Waals surface area contributed by atoms with Gasteiger partial charge in [0.1, 0.15) is 11.4 Å². The Labute approximate surface area is 168 Å². The van der Waals surface area contributed by atoms with E-state index in [0.29, 0.717) is 11.3 Å². The minimum Gasteiger partial charge on any atom is -0.487 e. The molecule has 0 spiro atoms. The maximum atomic E-state index is 12.3.